The smallest absolute Gasteiger partial charge is 0.409 e. The van der Waals surface area contributed by atoms with Gasteiger partial charge in [0.25, 0.3) is 0 Å². The zero-order valence-corrected chi connectivity index (χ0v) is 42.7. The van der Waals surface area contributed by atoms with E-state index in [1.54, 1.807) is 0 Å². The molecule has 6 aromatic rings. The molecule has 0 heterocycles. The Bertz CT molecular complexity index is 2230. The third-order valence-electron chi connectivity index (χ3n) is 11.0. The van der Waals surface area contributed by atoms with Crippen molar-refractivity contribution in [3.63, 3.8) is 0 Å². The second-order valence-corrected chi connectivity index (χ2v) is 23.0. The summed E-state index contributed by atoms with van der Waals surface area (Å²) in [5.74, 6) is 3.91. The molecule has 0 aromatic heterocycles. The lowest BCUT2D eigenvalue weighted by Gasteiger charge is -2.33. The highest BCUT2D eigenvalue weighted by Crippen LogP contribution is 2.56. The van der Waals surface area contributed by atoms with Crippen LogP contribution in [-0.2, 0) is 21.7 Å². The molecule has 0 aliphatic heterocycles. The quantitative estimate of drug-likeness (QED) is 0.108. The molecule has 0 unspecified atom stereocenters. The van der Waals surface area contributed by atoms with E-state index in [-0.39, 0.29) is 21.7 Å². The van der Waals surface area contributed by atoms with E-state index in [1.807, 2.05) is 97.1 Å². The summed E-state index contributed by atoms with van der Waals surface area (Å²) >= 11 is 0. The molecule has 0 aliphatic rings. The van der Waals surface area contributed by atoms with Crippen molar-refractivity contribution in [1.29, 1.82) is 0 Å². The zero-order valence-electron chi connectivity index (χ0n) is 40.9. The topological polar surface area (TPSA) is 55.4 Å². The molecule has 0 N–H and O–H groups in total. The maximum absolute atomic E-state index is 7.33. The molecule has 0 saturated carbocycles. The molecule has 6 nitrogen and oxygen atoms in total. The van der Waals surface area contributed by atoms with Crippen molar-refractivity contribution in [3.05, 3.63) is 166 Å². The van der Waals surface area contributed by atoms with Crippen LogP contribution in [0.2, 0.25) is 0 Å². The van der Waals surface area contributed by atoms with E-state index in [1.165, 1.54) is 0 Å². The van der Waals surface area contributed by atoms with Gasteiger partial charge in [-0.2, -0.15) is 0 Å². The number of benzene rings is 6. The molecule has 64 heavy (non-hydrogen) atoms. The first-order chi connectivity index (χ1) is 29.8. The van der Waals surface area contributed by atoms with E-state index in [0.29, 0.717) is 34.5 Å². The first-order valence-electron chi connectivity index (χ1n) is 22.2. The summed E-state index contributed by atoms with van der Waals surface area (Å²) in [6.45, 7) is 35.1. The number of hydrogen-bond acceptors (Lipinski definition) is 6. The largest absolute Gasteiger partial charge is 0.530 e. The minimum atomic E-state index is -2.06. The highest BCUT2D eigenvalue weighted by atomic mass is 31.2. The molecular formula is C56H68O6P2. The van der Waals surface area contributed by atoms with E-state index in [2.05, 4.69) is 135 Å². The monoisotopic (exact) mass is 898 g/mol. The van der Waals surface area contributed by atoms with Crippen molar-refractivity contribution in [2.75, 3.05) is 0 Å². The van der Waals surface area contributed by atoms with Gasteiger partial charge in [-0.05, 0) is 121 Å². The van der Waals surface area contributed by atoms with E-state index < -0.39 is 17.2 Å². The normalized spacial score (nSPS) is 12.3. The average Bonchev–Trinajstić information content (AvgIpc) is 3.19. The van der Waals surface area contributed by atoms with Gasteiger partial charge in [0.05, 0.1) is 0 Å². The summed E-state index contributed by atoms with van der Waals surface area (Å²) in [6.07, 6.45) is 0. The third-order valence-corrected chi connectivity index (χ3v) is 13.1. The molecule has 0 fully saturated rings. The molecule has 338 valence electrons. The lowest BCUT2D eigenvalue weighted by atomic mass is 9.75. The Kier molecular flexibility index (Phi) is 14.5. The van der Waals surface area contributed by atoms with Gasteiger partial charge in [-0.3, -0.25) is 0 Å². The lowest BCUT2D eigenvalue weighted by Crippen LogP contribution is -2.20. The van der Waals surface area contributed by atoms with Crippen molar-refractivity contribution in [1.82, 2.24) is 0 Å². The molecule has 0 atom stereocenters. The minimum Gasteiger partial charge on any atom is -0.409 e. The van der Waals surface area contributed by atoms with E-state index >= 15 is 0 Å². The zero-order chi connectivity index (χ0) is 46.8. The van der Waals surface area contributed by atoms with Gasteiger partial charge in [0.1, 0.15) is 34.5 Å². The molecule has 0 radical (unpaired) electrons. The molecule has 6 aromatic carbocycles. The van der Waals surface area contributed by atoms with Crippen LogP contribution in [0, 0.1) is 27.7 Å². The van der Waals surface area contributed by atoms with Crippen LogP contribution >= 0.6 is 17.2 Å². The van der Waals surface area contributed by atoms with Crippen LogP contribution in [0.15, 0.2) is 121 Å². The highest BCUT2D eigenvalue weighted by molar-refractivity contribution is 7.43. The van der Waals surface area contributed by atoms with Gasteiger partial charge in [-0.15, -0.1) is 0 Å². The summed E-state index contributed by atoms with van der Waals surface area (Å²) in [7, 11) is -4.12. The lowest BCUT2D eigenvalue weighted by molar-refractivity contribution is 0.379. The van der Waals surface area contributed by atoms with E-state index in [4.69, 9.17) is 27.1 Å². The number of hydrogen-bond donors (Lipinski definition) is 0. The van der Waals surface area contributed by atoms with E-state index in [0.717, 1.165) is 55.6 Å². The molecule has 0 bridgehead atoms. The van der Waals surface area contributed by atoms with E-state index in [9.17, 15) is 0 Å². The second-order valence-electron chi connectivity index (χ2n) is 21.0. The summed E-state index contributed by atoms with van der Waals surface area (Å²) in [4.78, 5) is 0. The van der Waals surface area contributed by atoms with Gasteiger partial charge in [-0.25, -0.2) is 0 Å². The summed E-state index contributed by atoms with van der Waals surface area (Å²) in [6, 6.07) is 41.0. The van der Waals surface area contributed by atoms with Crippen molar-refractivity contribution in [2.45, 2.75) is 132 Å². The van der Waals surface area contributed by atoms with Gasteiger partial charge >= 0.3 is 17.2 Å². The van der Waals surface area contributed by atoms with Crippen LogP contribution in [0.3, 0.4) is 0 Å². The SMILES string of the molecule is Cc1ccc(OP(Oc2ccc(C)cc2)Oc2c(-c3cc(C(C)(C)C)cc(C(C)(C)C)c3OP(Oc3ccc(C)cc3)Oc3ccc(C)cc3)cc(C(C)(C)C)cc2C(C)(C)C)cc1. The van der Waals surface area contributed by atoms with Crippen LogP contribution in [0.25, 0.3) is 11.1 Å². The van der Waals surface area contributed by atoms with Crippen LogP contribution < -0.4 is 27.1 Å². The Morgan fingerprint density at radius 2 is 0.531 bits per heavy atom. The molecular weight excluding hydrogens is 831 g/mol. The third kappa shape index (κ3) is 12.6. The van der Waals surface area contributed by atoms with Crippen LogP contribution in [0.1, 0.15) is 128 Å². The summed E-state index contributed by atoms with van der Waals surface area (Å²) in [5, 5.41) is 0. The number of aryl methyl sites for hydroxylation is 4. The number of rotatable bonds is 13. The maximum Gasteiger partial charge on any atom is 0.530 e. The Hall–Kier alpha value is -5.02. The summed E-state index contributed by atoms with van der Waals surface area (Å²) in [5.41, 5.74) is 9.39. The molecule has 0 amide bonds. The van der Waals surface area contributed by atoms with Crippen molar-refractivity contribution >= 4 is 17.2 Å². The Morgan fingerprint density at radius 3 is 0.734 bits per heavy atom. The van der Waals surface area contributed by atoms with Gasteiger partial charge in [0.2, 0.25) is 0 Å². The molecule has 0 spiro atoms. The summed E-state index contributed by atoms with van der Waals surface area (Å²) < 4.78 is 41.5. The standard InChI is InChI=1S/C56H68O6P2/c1-37-17-25-43(26-18-37)57-63(58-44-27-19-38(2)20-28-44)61-51-47(33-41(53(5,6)7)35-49(51)55(11,12)13)48-34-42(54(8,9)10)36-50(56(14,15)16)52(48)62-64(59-45-29-21-39(3)22-30-45)60-46-31-23-40(4)24-32-46/h17-36H,1-16H3. The maximum atomic E-state index is 7.33. The predicted molar refractivity (Wildman–Crippen MR) is 269 cm³/mol. The van der Waals surface area contributed by atoms with Crippen molar-refractivity contribution in [3.8, 4) is 45.6 Å². The average molecular weight is 899 g/mol. The minimum absolute atomic E-state index is 0.222. The Labute approximate surface area is 386 Å². The molecule has 0 saturated heterocycles. The first kappa shape index (κ1) is 48.4. The fourth-order valence-electron chi connectivity index (χ4n) is 6.84. The van der Waals surface area contributed by atoms with Crippen LogP contribution in [0.5, 0.6) is 34.5 Å². The molecule has 6 rings (SSSR count). The van der Waals surface area contributed by atoms with Gasteiger partial charge in [0, 0.05) is 22.3 Å². The predicted octanol–water partition coefficient (Wildman–Crippen LogP) is 17.3. The van der Waals surface area contributed by atoms with Crippen LogP contribution in [0.4, 0.5) is 0 Å². The fraction of sp³-hybridized carbons (Fsp3) is 0.357. The van der Waals surface area contributed by atoms with Crippen molar-refractivity contribution in [2.24, 2.45) is 0 Å². The Morgan fingerprint density at radius 1 is 0.297 bits per heavy atom. The molecule has 0 aliphatic carbocycles. The van der Waals surface area contributed by atoms with Crippen molar-refractivity contribution < 1.29 is 27.1 Å². The van der Waals surface area contributed by atoms with Gasteiger partial charge in [0.15, 0.2) is 0 Å². The highest BCUT2D eigenvalue weighted by Gasteiger charge is 2.36. The Balaban J connectivity index is 1.66. The molecule has 8 heteroatoms. The van der Waals surface area contributed by atoms with Gasteiger partial charge in [-0.1, -0.05) is 166 Å². The second kappa shape index (κ2) is 19.2. The van der Waals surface area contributed by atoms with Gasteiger partial charge < -0.3 is 27.1 Å². The van der Waals surface area contributed by atoms with Crippen LogP contribution in [-0.4, -0.2) is 0 Å². The first-order valence-corrected chi connectivity index (χ1v) is 24.4. The fourth-order valence-corrected chi connectivity index (χ4v) is 8.93.